The van der Waals surface area contributed by atoms with Gasteiger partial charge >= 0.3 is 0 Å². The number of anilines is 1. The third-order valence-electron chi connectivity index (χ3n) is 2.79. The van der Waals surface area contributed by atoms with Gasteiger partial charge in [-0.1, -0.05) is 41.4 Å². The van der Waals surface area contributed by atoms with Gasteiger partial charge in [-0.25, -0.2) is 4.98 Å². The van der Waals surface area contributed by atoms with Crippen molar-refractivity contribution in [3.8, 4) is 11.3 Å². The van der Waals surface area contributed by atoms with Crippen molar-refractivity contribution < 1.29 is 4.79 Å². The third-order valence-corrected chi connectivity index (χ3v) is 4.04. The van der Waals surface area contributed by atoms with Crippen molar-refractivity contribution in [3.63, 3.8) is 0 Å². The summed E-state index contributed by atoms with van der Waals surface area (Å²) in [6.45, 7) is 2.00. The normalized spacial score (nSPS) is 11.6. The number of rotatable bonds is 5. The van der Waals surface area contributed by atoms with Crippen molar-refractivity contribution in [2.75, 3.05) is 5.32 Å². The predicted molar refractivity (Wildman–Crippen MR) is 94.0 cm³/mol. The summed E-state index contributed by atoms with van der Waals surface area (Å²) in [6, 6.07) is 7.41. The molecular formula is C14H17BrClN3OS. The van der Waals surface area contributed by atoms with Crippen LogP contribution in [-0.2, 0) is 4.79 Å². The van der Waals surface area contributed by atoms with Crippen LogP contribution < -0.4 is 11.1 Å². The smallest absolute Gasteiger partial charge is 0.243 e. The van der Waals surface area contributed by atoms with Crippen LogP contribution in [0.1, 0.15) is 19.8 Å². The lowest BCUT2D eigenvalue weighted by Crippen LogP contribution is -2.35. The Bertz CT molecular complexity index is 605. The fourth-order valence-corrected chi connectivity index (χ4v) is 2.87. The molecule has 0 aliphatic carbocycles. The number of thiazole rings is 1. The maximum atomic E-state index is 11.8. The molecule has 1 aromatic carbocycles. The molecule has 0 spiro atoms. The first-order chi connectivity index (χ1) is 9.60. The number of nitrogens with one attached hydrogen (secondary N) is 1. The van der Waals surface area contributed by atoms with Gasteiger partial charge in [-0.15, -0.1) is 23.7 Å². The fraction of sp³-hybridized carbons (Fsp3) is 0.286. The summed E-state index contributed by atoms with van der Waals surface area (Å²) >= 11 is 4.83. The molecule has 1 amide bonds. The second-order valence-electron chi connectivity index (χ2n) is 4.43. The number of nitrogens with zero attached hydrogens (tertiary/aromatic N) is 1. The highest BCUT2D eigenvalue weighted by Gasteiger charge is 2.14. The SMILES string of the molecule is CCCC(N)C(=O)Nc1nc(-c2cccc(Br)c2)cs1.Cl. The number of halogens is 2. The molecule has 0 fully saturated rings. The molecule has 2 rings (SSSR count). The van der Waals surface area contributed by atoms with Crippen molar-refractivity contribution in [2.45, 2.75) is 25.8 Å². The Morgan fingerprint density at radius 3 is 2.95 bits per heavy atom. The van der Waals surface area contributed by atoms with Crippen molar-refractivity contribution in [2.24, 2.45) is 5.73 Å². The molecule has 0 radical (unpaired) electrons. The second kappa shape index (κ2) is 8.48. The Labute approximate surface area is 142 Å². The minimum absolute atomic E-state index is 0. The molecule has 1 atom stereocenters. The Balaban J connectivity index is 0.00000220. The zero-order valence-corrected chi connectivity index (χ0v) is 14.7. The number of carbonyl (C=O) groups is 1. The van der Waals surface area contributed by atoms with Gasteiger partial charge in [0.05, 0.1) is 11.7 Å². The predicted octanol–water partition coefficient (Wildman–Crippen LogP) is 4.06. The van der Waals surface area contributed by atoms with E-state index in [-0.39, 0.29) is 18.3 Å². The Kier molecular flexibility index (Phi) is 7.31. The zero-order chi connectivity index (χ0) is 14.5. The minimum atomic E-state index is -0.474. The van der Waals surface area contributed by atoms with E-state index in [1.165, 1.54) is 11.3 Å². The number of nitrogens with two attached hydrogens (primary N) is 1. The summed E-state index contributed by atoms with van der Waals surface area (Å²) in [5.74, 6) is -0.179. The van der Waals surface area contributed by atoms with E-state index in [2.05, 4.69) is 26.2 Å². The average molecular weight is 391 g/mol. The van der Waals surface area contributed by atoms with E-state index < -0.39 is 6.04 Å². The molecule has 0 aliphatic heterocycles. The van der Waals surface area contributed by atoms with Crippen molar-refractivity contribution >= 4 is 50.7 Å². The van der Waals surface area contributed by atoms with E-state index in [9.17, 15) is 4.79 Å². The highest BCUT2D eigenvalue weighted by Crippen LogP contribution is 2.26. The van der Waals surface area contributed by atoms with Crippen LogP contribution in [0.4, 0.5) is 5.13 Å². The lowest BCUT2D eigenvalue weighted by molar-refractivity contribution is -0.117. The van der Waals surface area contributed by atoms with Crippen LogP contribution in [-0.4, -0.2) is 16.9 Å². The molecule has 21 heavy (non-hydrogen) atoms. The maximum Gasteiger partial charge on any atom is 0.243 e. The van der Waals surface area contributed by atoms with Gasteiger partial charge in [-0.3, -0.25) is 4.79 Å². The van der Waals surface area contributed by atoms with Gasteiger partial charge in [0.1, 0.15) is 0 Å². The lowest BCUT2D eigenvalue weighted by Gasteiger charge is -2.08. The molecule has 114 valence electrons. The first-order valence-corrected chi connectivity index (χ1v) is 8.05. The van der Waals surface area contributed by atoms with Crippen LogP contribution in [0.5, 0.6) is 0 Å². The van der Waals surface area contributed by atoms with Gasteiger partial charge < -0.3 is 11.1 Å². The van der Waals surface area contributed by atoms with Crippen LogP contribution in [0.25, 0.3) is 11.3 Å². The van der Waals surface area contributed by atoms with E-state index in [0.29, 0.717) is 11.6 Å². The summed E-state index contributed by atoms with van der Waals surface area (Å²) in [4.78, 5) is 16.2. The van der Waals surface area contributed by atoms with Gasteiger partial charge in [-0.05, 0) is 18.6 Å². The van der Waals surface area contributed by atoms with Crippen LogP contribution in [0, 0.1) is 0 Å². The van der Waals surface area contributed by atoms with Crippen LogP contribution in [0.15, 0.2) is 34.1 Å². The van der Waals surface area contributed by atoms with E-state index in [4.69, 9.17) is 5.73 Å². The maximum absolute atomic E-state index is 11.8. The van der Waals surface area contributed by atoms with Crippen LogP contribution >= 0.6 is 39.7 Å². The highest BCUT2D eigenvalue weighted by molar-refractivity contribution is 9.10. The van der Waals surface area contributed by atoms with Gasteiger partial charge in [-0.2, -0.15) is 0 Å². The zero-order valence-electron chi connectivity index (χ0n) is 11.5. The largest absolute Gasteiger partial charge is 0.320 e. The van der Waals surface area contributed by atoms with E-state index >= 15 is 0 Å². The van der Waals surface area contributed by atoms with Crippen LogP contribution in [0.3, 0.4) is 0 Å². The number of benzene rings is 1. The molecule has 7 heteroatoms. The van der Waals surface area contributed by atoms with Crippen molar-refractivity contribution in [1.29, 1.82) is 0 Å². The van der Waals surface area contributed by atoms with Gasteiger partial charge in [0, 0.05) is 15.4 Å². The molecule has 3 N–H and O–H groups in total. The molecule has 4 nitrogen and oxygen atoms in total. The highest BCUT2D eigenvalue weighted by atomic mass is 79.9. The summed E-state index contributed by atoms with van der Waals surface area (Å²) in [7, 11) is 0. The fourth-order valence-electron chi connectivity index (χ4n) is 1.75. The number of hydrogen-bond acceptors (Lipinski definition) is 4. The topological polar surface area (TPSA) is 68.0 Å². The van der Waals surface area contributed by atoms with Gasteiger partial charge in [0.15, 0.2) is 5.13 Å². The molecule has 1 heterocycles. The van der Waals surface area contributed by atoms with Crippen molar-refractivity contribution in [1.82, 2.24) is 4.98 Å². The summed E-state index contributed by atoms with van der Waals surface area (Å²) in [5, 5.41) is 5.26. The number of amides is 1. The lowest BCUT2D eigenvalue weighted by atomic mass is 10.2. The molecule has 0 saturated carbocycles. The molecular weight excluding hydrogens is 374 g/mol. The summed E-state index contributed by atoms with van der Waals surface area (Å²) < 4.78 is 0.999. The summed E-state index contributed by atoms with van der Waals surface area (Å²) in [5.41, 5.74) is 7.62. The molecule has 0 saturated heterocycles. The third kappa shape index (κ3) is 5.07. The standard InChI is InChI=1S/C14H16BrN3OS.ClH/c1-2-4-11(16)13(19)18-14-17-12(8-20-14)9-5-3-6-10(15)7-9;/h3,5-8,11H,2,4,16H2,1H3,(H,17,18,19);1H. The molecule has 0 aliphatic rings. The van der Waals surface area contributed by atoms with Gasteiger partial charge in [0.2, 0.25) is 5.91 Å². The Morgan fingerprint density at radius 1 is 1.52 bits per heavy atom. The monoisotopic (exact) mass is 389 g/mol. The minimum Gasteiger partial charge on any atom is -0.320 e. The average Bonchev–Trinajstić information content (AvgIpc) is 2.87. The van der Waals surface area contributed by atoms with E-state index in [1.54, 1.807) is 0 Å². The quantitative estimate of drug-likeness (QED) is 0.809. The number of carbonyl (C=O) groups excluding carboxylic acids is 1. The van der Waals surface area contributed by atoms with E-state index in [1.807, 2.05) is 36.6 Å². The van der Waals surface area contributed by atoms with Gasteiger partial charge in [0.25, 0.3) is 0 Å². The Hall–Kier alpha value is -0.950. The second-order valence-corrected chi connectivity index (χ2v) is 6.21. The molecule has 0 bridgehead atoms. The molecule has 1 aromatic heterocycles. The summed E-state index contributed by atoms with van der Waals surface area (Å²) in [6.07, 6.45) is 1.56. The Morgan fingerprint density at radius 2 is 2.29 bits per heavy atom. The molecule has 1 unspecified atom stereocenters. The molecule has 2 aromatic rings. The van der Waals surface area contributed by atoms with Crippen molar-refractivity contribution in [3.05, 3.63) is 34.1 Å². The number of hydrogen-bond donors (Lipinski definition) is 2. The first-order valence-electron chi connectivity index (χ1n) is 6.38. The van der Waals surface area contributed by atoms with E-state index in [0.717, 1.165) is 22.2 Å². The first kappa shape index (κ1) is 18.1. The van der Waals surface area contributed by atoms with Crippen LogP contribution in [0.2, 0.25) is 0 Å². The number of aromatic nitrogens is 1.